The lowest BCUT2D eigenvalue weighted by Crippen LogP contribution is -2.53. The summed E-state index contributed by atoms with van der Waals surface area (Å²) in [5, 5.41) is 0. The average Bonchev–Trinajstić information content (AvgIpc) is 3.66. The highest BCUT2D eigenvalue weighted by atomic mass is 16.6. The van der Waals surface area contributed by atoms with Crippen LogP contribution in [0.4, 0.5) is 4.79 Å². The number of hydrogen-bond acceptors (Lipinski definition) is 9. The number of carbonyl (C=O) groups is 5. The Hall–Kier alpha value is -3.93. The zero-order chi connectivity index (χ0) is 36.6. The Morgan fingerprint density at radius 3 is 2.24 bits per heavy atom. The van der Waals surface area contributed by atoms with Crippen LogP contribution in [0.5, 0.6) is 0 Å². The number of esters is 1. The lowest BCUT2D eigenvalue weighted by molar-refractivity contribution is -0.170. The molecule has 0 aromatic heterocycles. The molecule has 1 aromatic carbocycles. The first-order valence-corrected chi connectivity index (χ1v) is 17.2. The normalized spacial score (nSPS) is 20.4. The highest BCUT2D eigenvalue weighted by Crippen LogP contribution is 2.29. The van der Waals surface area contributed by atoms with Gasteiger partial charge < -0.3 is 28.7 Å². The number of ether oxygens (including phenoxy) is 4. The van der Waals surface area contributed by atoms with E-state index in [1.165, 1.54) is 30.1 Å². The van der Waals surface area contributed by atoms with Crippen LogP contribution >= 0.6 is 0 Å². The van der Waals surface area contributed by atoms with Crippen molar-refractivity contribution >= 4 is 29.8 Å². The molecule has 0 bridgehead atoms. The van der Waals surface area contributed by atoms with E-state index in [9.17, 15) is 24.0 Å². The van der Waals surface area contributed by atoms with Crippen molar-refractivity contribution in [2.45, 2.75) is 117 Å². The van der Waals surface area contributed by atoms with Crippen LogP contribution in [0.15, 0.2) is 42.2 Å². The molecular formula is C37H55N3O9. The molecular weight excluding hydrogens is 630 g/mol. The third-order valence-corrected chi connectivity index (χ3v) is 9.24. The summed E-state index contributed by atoms with van der Waals surface area (Å²) in [4.78, 5) is 71.8. The van der Waals surface area contributed by atoms with E-state index in [1.807, 2.05) is 44.2 Å². The number of benzene rings is 1. The highest BCUT2D eigenvalue weighted by molar-refractivity contribution is 6.06. The minimum Gasteiger partial charge on any atom is -0.499 e. The zero-order valence-corrected chi connectivity index (χ0v) is 30.8. The van der Waals surface area contributed by atoms with Crippen LogP contribution in [0.25, 0.3) is 0 Å². The summed E-state index contributed by atoms with van der Waals surface area (Å²) in [5.41, 5.74) is 0.207. The molecule has 0 unspecified atom stereocenters. The average molecular weight is 686 g/mol. The van der Waals surface area contributed by atoms with Gasteiger partial charge in [-0.25, -0.2) is 9.59 Å². The fourth-order valence-corrected chi connectivity index (χ4v) is 6.50. The number of likely N-dealkylation sites (tertiary alicyclic amines) is 1. The van der Waals surface area contributed by atoms with Gasteiger partial charge in [0, 0.05) is 33.2 Å². The Morgan fingerprint density at radius 2 is 1.69 bits per heavy atom. The molecule has 272 valence electrons. The third-order valence-electron chi connectivity index (χ3n) is 9.24. The Bertz CT molecular complexity index is 1360. The maximum absolute atomic E-state index is 14.0. The van der Waals surface area contributed by atoms with E-state index in [0.717, 1.165) is 16.9 Å². The third kappa shape index (κ3) is 9.83. The summed E-state index contributed by atoms with van der Waals surface area (Å²) >= 11 is 0. The minimum absolute atomic E-state index is 0.0282. The quantitative estimate of drug-likeness (QED) is 0.255. The molecule has 0 saturated carbocycles. The van der Waals surface area contributed by atoms with Crippen LogP contribution in [-0.4, -0.2) is 108 Å². The maximum Gasteiger partial charge on any atom is 0.410 e. The molecule has 12 nitrogen and oxygen atoms in total. The standard InChI is InChI=1S/C37H55N3O9/c1-11-24(4)32(38(8)36(45)49-37(5,6)7)29(47-10)22-30(41)39-19-15-18-26(39)35(44)48-33(23(2)3)34(43)40-27(28(46-9)21-31(40)42)20-25-16-13-12-14-17-25/h12-14,16-17,21,23-24,26-27,29,32-33H,11,15,18-20,22H2,1-10H3/t24-,26-,27-,29+,32-,33-/m0/s1. The summed E-state index contributed by atoms with van der Waals surface area (Å²) in [5.74, 6) is -2.35. The number of hydrogen-bond donors (Lipinski definition) is 0. The van der Waals surface area contributed by atoms with Gasteiger partial charge in [-0.05, 0) is 51.0 Å². The molecule has 0 radical (unpaired) electrons. The van der Waals surface area contributed by atoms with Crippen molar-refractivity contribution in [3.05, 3.63) is 47.7 Å². The predicted octanol–water partition coefficient (Wildman–Crippen LogP) is 4.74. The zero-order valence-electron chi connectivity index (χ0n) is 30.8. The smallest absolute Gasteiger partial charge is 0.410 e. The van der Waals surface area contributed by atoms with E-state index in [2.05, 4.69) is 0 Å². The van der Waals surface area contributed by atoms with Gasteiger partial charge >= 0.3 is 12.1 Å². The fraction of sp³-hybridized carbons (Fsp3) is 0.649. The van der Waals surface area contributed by atoms with Gasteiger partial charge in [0.25, 0.3) is 11.8 Å². The topological polar surface area (TPSA) is 132 Å². The van der Waals surface area contributed by atoms with Gasteiger partial charge in [-0.15, -0.1) is 0 Å². The molecule has 0 spiro atoms. The fourth-order valence-electron chi connectivity index (χ4n) is 6.50. The van der Waals surface area contributed by atoms with Crippen molar-refractivity contribution in [2.75, 3.05) is 27.8 Å². The molecule has 4 amide bonds. The van der Waals surface area contributed by atoms with Gasteiger partial charge in [-0.2, -0.15) is 0 Å². The van der Waals surface area contributed by atoms with E-state index in [4.69, 9.17) is 18.9 Å². The van der Waals surface area contributed by atoms with Crippen molar-refractivity contribution in [1.29, 1.82) is 0 Å². The SMILES string of the molecule is CC[C@H](C)[C@@H]([C@@H](CC(=O)N1CCC[C@H]1C(=O)O[C@H](C(=O)N1C(=O)C=C(OC)[C@@H]1Cc1ccccc1)C(C)C)OC)N(C)C(=O)OC(C)(C)C. The van der Waals surface area contributed by atoms with Crippen LogP contribution < -0.4 is 0 Å². The largest absolute Gasteiger partial charge is 0.499 e. The first-order valence-electron chi connectivity index (χ1n) is 17.2. The van der Waals surface area contributed by atoms with Crippen molar-refractivity contribution in [2.24, 2.45) is 11.8 Å². The van der Waals surface area contributed by atoms with E-state index in [0.29, 0.717) is 31.6 Å². The van der Waals surface area contributed by atoms with Crippen molar-refractivity contribution < 1.29 is 42.9 Å². The summed E-state index contributed by atoms with van der Waals surface area (Å²) in [6, 6.07) is 7.36. The summed E-state index contributed by atoms with van der Waals surface area (Å²) < 4.78 is 22.8. The molecule has 1 saturated heterocycles. The summed E-state index contributed by atoms with van der Waals surface area (Å²) in [6.07, 6.45) is 0.753. The van der Waals surface area contributed by atoms with Crippen LogP contribution in [0.1, 0.15) is 79.7 Å². The Balaban J connectivity index is 1.77. The molecule has 2 aliphatic rings. The number of carbonyl (C=O) groups excluding carboxylic acids is 5. The van der Waals surface area contributed by atoms with E-state index in [-0.39, 0.29) is 18.2 Å². The predicted molar refractivity (Wildman–Crippen MR) is 183 cm³/mol. The Kier molecular flexibility index (Phi) is 13.8. The number of amides is 4. The first kappa shape index (κ1) is 39.5. The van der Waals surface area contributed by atoms with E-state index >= 15 is 0 Å². The van der Waals surface area contributed by atoms with Gasteiger partial charge in [-0.1, -0.05) is 64.4 Å². The molecule has 0 N–H and O–H groups in total. The minimum atomic E-state index is -1.26. The second kappa shape index (κ2) is 17.1. The van der Waals surface area contributed by atoms with Gasteiger partial charge in [-0.3, -0.25) is 19.3 Å². The number of likely N-dealkylation sites (N-methyl/N-ethyl adjacent to an activating group) is 1. The van der Waals surface area contributed by atoms with Crippen molar-refractivity contribution in [3.8, 4) is 0 Å². The first-order chi connectivity index (χ1) is 23.0. The molecule has 1 fully saturated rings. The van der Waals surface area contributed by atoms with Crippen LogP contribution in [0.2, 0.25) is 0 Å². The van der Waals surface area contributed by atoms with Crippen LogP contribution in [0, 0.1) is 11.8 Å². The molecule has 49 heavy (non-hydrogen) atoms. The number of rotatable bonds is 14. The van der Waals surface area contributed by atoms with Gasteiger partial charge in [0.05, 0.1) is 25.7 Å². The highest BCUT2D eigenvalue weighted by Gasteiger charge is 2.45. The summed E-state index contributed by atoms with van der Waals surface area (Å²) in [6.45, 7) is 13.2. The monoisotopic (exact) mass is 685 g/mol. The number of nitrogens with zero attached hydrogens (tertiary/aromatic N) is 3. The number of methoxy groups -OCH3 is 2. The lowest BCUT2D eigenvalue weighted by atomic mass is 9.91. The molecule has 3 rings (SSSR count). The molecule has 2 aliphatic heterocycles. The molecule has 12 heteroatoms. The maximum atomic E-state index is 14.0. The molecule has 1 aromatic rings. The Labute approximate surface area is 291 Å². The van der Waals surface area contributed by atoms with Crippen molar-refractivity contribution in [3.63, 3.8) is 0 Å². The van der Waals surface area contributed by atoms with Crippen LogP contribution in [-0.2, 0) is 44.5 Å². The van der Waals surface area contributed by atoms with Gasteiger partial charge in [0.1, 0.15) is 23.4 Å². The second-order valence-electron chi connectivity index (χ2n) is 14.3. The molecule has 6 atom stereocenters. The molecule has 2 heterocycles. The van der Waals surface area contributed by atoms with E-state index in [1.54, 1.807) is 41.7 Å². The Morgan fingerprint density at radius 1 is 1.04 bits per heavy atom. The second-order valence-corrected chi connectivity index (χ2v) is 14.3. The van der Waals surface area contributed by atoms with Gasteiger partial charge in [0.2, 0.25) is 5.91 Å². The van der Waals surface area contributed by atoms with Crippen molar-refractivity contribution in [1.82, 2.24) is 14.7 Å². The number of imide groups is 1. The summed E-state index contributed by atoms with van der Waals surface area (Å²) in [7, 11) is 4.59. The van der Waals surface area contributed by atoms with Crippen LogP contribution in [0.3, 0.4) is 0 Å². The lowest BCUT2D eigenvalue weighted by Gasteiger charge is -2.38. The van der Waals surface area contributed by atoms with Gasteiger partial charge in [0.15, 0.2) is 6.10 Å². The van der Waals surface area contributed by atoms with E-state index < -0.39 is 65.7 Å². The molecule has 0 aliphatic carbocycles.